The molecule has 29 heavy (non-hydrogen) atoms. The number of aromatic amines is 1. The topological polar surface area (TPSA) is 92.9 Å². The maximum atomic E-state index is 13.2. The molecule has 8 nitrogen and oxygen atoms in total. The minimum absolute atomic E-state index is 0.00693. The molecule has 166 valence electrons. The van der Waals surface area contributed by atoms with Gasteiger partial charge in [0.05, 0.1) is 25.4 Å². The highest BCUT2D eigenvalue weighted by atomic mass is 19.4. The van der Waals surface area contributed by atoms with Crippen LogP contribution in [0, 0.1) is 0 Å². The number of esters is 1. The number of rotatable bonds is 9. The highest BCUT2D eigenvalue weighted by Crippen LogP contribution is 2.24. The van der Waals surface area contributed by atoms with Crippen molar-refractivity contribution in [2.45, 2.75) is 45.6 Å². The van der Waals surface area contributed by atoms with Crippen LogP contribution in [0.3, 0.4) is 0 Å². The van der Waals surface area contributed by atoms with E-state index in [9.17, 15) is 22.8 Å². The lowest BCUT2D eigenvalue weighted by atomic mass is 10.2. The average molecular weight is 423 g/mol. The minimum Gasteiger partial charge on any atom is -0.461 e. The van der Waals surface area contributed by atoms with E-state index in [1.807, 2.05) is 0 Å². The van der Waals surface area contributed by atoms with Crippen LogP contribution < -0.4 is 5.32 Å². The largest absolute Gasteiger partial charge is 0.461 e. The van der Waals surface area contributed by atoms with Gasteiger partial charge in [-0.05, 0) is 33.8 Å². The molecule has 0 aliphatic carbocycles. The van der Waals surface area contributed by atoms with E-state index >= 15 is 0 Å². The summed E-state index contributed by atoms with van der Waals surface area (Å²) >= 11 is 0. The van der Waals surface area contributed by atoms with Crippen molar-refractivity contribution in [1.82, 2.24) is 9.88 Å². The van der Waals surface area contributed by atoms with Crippen LogP contribution in [0.4, 0.5) is 23.7 Å². The molecule has 0 aromatic carbocycles. The van der Waals surface area contributed by atoms with Gasteiger partial charge in [-0.15, -0.1) is 0 Å². The molecule has 0 aliphatic heterocycles. The van der Waals surface area contributed by atoms with E-state index in [0.29, 0.717) is 5.69 Å². The van der Waals surface area contributed by atoms with Crippen LogP contribution in [0.1, 0.15) is 38.2 Å². The Labute approximate surface area is 167 Å². The van der Waals surface area contributed by atoms with Crippen LogP contribution in [-0.2, 0) is 14.2 Å². The lowest BCUT2D eigenvalue weighted by Gasteiger charge is -2.28. The lowest BCUT2D eigenvalue weighted by Crippen LogP contribution is -2.45. The number of carbonyl (C=O) groups excluding carboxylic acids is 2. The highest BCUT2D eigenvalue weighted by molar-refractivity contribution is 5.93. The van der Waals surface area contributed by atoms with Gasteiger partial charge < -0.3 is 29.4 Å². The van der Waals surface area contributed by atoms with Crippen molar-refractivity contribution in [1.29, 1.82) is 0 Å². The predicted octanol–water partition coefficient (Wildman–Crippen LogP) is 3.42. The molecule has 1 unspecified atom stereocenters. The van der Waals surface area contributed by atoms with Crippen LogP contribution in [0.5, 0.6) is 0 Å². The predicted molar refractivity (Wildman–Crippen MR) is 99.9 cm³/mol. The zero-order valence-corrected chi connectivity index (χ0v) is 17.2. The Bertz CT molecular complexity index is 670. The molecule has 1 amide bonds. The van der Waals surface area contributed by atoms with Crippen LogP contribution in [-0.4, -0.2) is 73.2 Å². The number of nitrogens with zero attached hydrogens (tertiary/aromatic N) is 1. The first-order valence-corrected chi connectivity index (χ1v) is 9.06. The van der Waals surface area contributed by atoms with E-state index in [0.717, 1.165) is 4.90 Å². The number of nitrogens with one attached hydrogen (secondary N) is 2. The van der Waals surface area contributed by atoms with Crippen molar-refractivity contribution in [2.75, 3.05) is 38.7 Å². The average Bonchev–Trinajstić information content (AvgIpc) is 3.03. The Morgan fingerprint density at radius 3 is 2.48 bits per heavy atom. The fourth-order valence-corrected chi connectivity index (χ4v) is 2.19. The molecule has 0 saturated carbocycles. The second-order valence-corrected chi connectivity index (χ2v) is 7.18. The van der Waals surface area contributed by atoms with E-state index in [-0.39, 0.29) is 25.5 Å². The normalized spacial score (nSPS) is 13.0. The molecule has 0 bridgehead atoms. The zero-order valence-electron chi connectivity index (χ0n) is 17.2. The van der Waals surface area contributed by atoms with Gasteiger partial charge in [-0.1, -0.05) is 0 Å². The summed E-state index contributed by atoms with van der Waals surface area (Å²) in [6, 6.07) is 1.56. The molecular weight excluding hydrogens is 395 g/mol. The molecule has 11 heteroatoms. The summed E-state index contributed by atoms with van der Waals surface area (Å²) in [7, 11) is 1.21. The quantitative estimate of drug-likeness (QED) is 0.467. The number of amides is 1. The van der Waals surface area contributed by atoms with Gasteiger partial charge in [-0.25, -0.2) is 9.59 Å². The molecule has 1 rings (SSSR count). The first-order valence-electron chi connectivity index (χ1n) is 9.06. The Hall–Kier alpha value is -2.43. The van der Waals surface area contributed by atoms with Gasteiger partial charge in [0, 0.05) is 19.8 Å². The lowest BCUT2D eigenvalue weighted by molar-refractivity contribution is -0.221. The van der Waals surface area contributed by atoms with Gasteiger partial charge in [0.1, 0.15) is 11.3 Å². The van der Waals surface area contributed by atoms with E-state index in [4.69, 9.17) is 14.2 Å². The smallest absolute Gasteiger partial charge is 0.416 e. The van der Waals surface area contributed by atoms with Crippen molar-refractivity contribution < 1.29 is 37.0 Å². The van der Waals surface area contributed by atoms with E-state index in [1.54, 1.807) is 33.8 Å². The molecule has 0 radical (unpaired) electrons. The summed E-state index contributed by atoms with van der Waals surface area (Å²) in [5.41, 5.74) is -0.262. The number of anilines is 1. The molecule has 0 aliphatic rings. The van der Waals surface area contributed by atoms with Crippen molar-refractivity contribution in [2.24, 2.45) is 0 Å². The molecular formula is C18H28F3N3O5. The zero-order chi connectivity index (χ0) is 22.2. The highest BCUT2D eigenvalue weighted by Gasteiger charge is 2.42. The number of alkyl halides is 3. The van der Waals surface area contributed by atoms with Crippen molar-refractivity contribution >= 4 is 17.7 Å². The number of aromatic nitrogens is 1. The van der Waals surface area contributed by atoms with Crippen molar-refractivity contribution in [3.05, 3.63) is 18.0 Å². The van der Waals surface area contributed by atoms with Crippen molar-refractivity contribution in [3.63, 3.8) is 0 Å². The Kier molecular flexibility index (Phi) is 8.80. The molecule has 1 aromatic heterocycles. The molecule has 1 heterocycles. The van der Waals surface area contributed by atoms with Gasteiger partial charge in [0.15, 0.2) is 6.10 Å². The summed E-state index contributed by atoms with van der Waals surface area (Å²) in [4.78, 5) is 27.2. The first-order chi connectivity index (χ1) is 13.3. The van der Waals surface area contributed by atoms with Gasteiger partial charge in [-0.3, -0.25) is 0 Å². The Morgan fingerprint density at radius 2 is 1.93 bits per heavy atom. The number of ether oxygens (including phenoxy) is 3. The van der Waals surface area contributed by atoms with Crippen LogP contribution in [0.2, 0.25) is 0 Å². The SMILES string of the molecule is CCOC(=O)c1[nH]ccc1NCCOC(CN(C)C(=O)OC(C)(C)C)C(F)(F)F. The summed E-state index contributed by atoms with van der Waals surface area (Å²) < 4.78 is 54.6. The third-order valence-electron chi connectivity index (χ3n) is 3.47. The van der Waals surface area contributed by atoms with Crippen LogP contribution in [0.25, 0.3) is 0 Å². The third kappa shape index (κ3) is 8.63. The summed E-state index contributed by atoms with van der Waals surface area (Å²) in [5.74, 6) is -0.576. The third-order valence-corrected chi connectivity index (χ3v) is 3.47. The fourth-order valence-electron chi connectivity index (χ4n) is 2.19. The van der Waals surface area contributed by atoms with Crippen molar-refractivity contribution in [3.8, 4) is 0 Å². The van der Waals surface area contributed by atoms with E-state index in [1.165, 1.54) is 13.2 Å². The Balaban J connectivity index is 2.58. The summed E-state index contributed by atoms with van der Waals surface area (Å²) in [5, 5.41) is 2.82. The number of hydrogen-bond donors (Lipinski definition) is 2. The number of halogens is 3. The maximum absolute atomic E-state index is 13.2. The molecule has 0 fully saturated rings. The standard InChI is InChI=1S/C18H28F3N3O5/c1-6-27-15(25)14-12(7-8-23-14)22-9-10-28-13(18(19,20)21)11-24(5)16(26)29-17(2,3)4/h7-8,13,22-23H,6,9-11H2,1-5H3. The summed E-state index contributed by atoms with van der Waals surface area (Å²) in [6.07, 6.45) is -6.22. The molecule has 1 atom stereocenters. The molecule has 2 N–H and O–H groups in total. The second kappa shape index (κ2) is 10.4. The second-order valence-electron chi connectivity index (χ2n) is 7.18. The molecule has 0 saturated heterocycles. The van der Waals surface area contributed by atoms with Gasteiger partial charge >= 0.3 is 18.2 Å². The van der Waals surface area contributed by atoms with Gasteiger partial charge in [0.25, 0.3) is 0 Å². The van der Waals surface area contributed by atoms with Gasteiger partial charge in [-0.2, -0.15) is 13.2 Å². The van der Waals surface area contributed by atoms with Gasteiger partial charge in [0.2, 0.25) is 0 Å². The number of hydrogen-bond acceptors (Lipinski definition) is 6. The molecule has 0 spiro atoms. The monoisotopic (exact) mass is 423 g/mol. The number of carbonyl (C=O) groups is 2. The van der Waals surface area contributed by atoms with E-state index < -0.39 is 36.5 Å². The summed E-state index contributed by atoms with van der Waals surface area (Å²) in [6.45, 7) is 5.70. The van der Waals surface area contributed by atoms with Crippen LogP contribution >= 0.6 is 0 Å². The minimum atomic E-state index is -4.67. The number of H-pyrrole nitrogens is 1. The maximum Gasteiger partial charge on any atom is 0.416 e. The van der Waals surface area contributed by atoms with E-state index in [2.05, 4.69) is 10.3 Å². The van der Waals surface area contributed by atoms with Crippen LogP contribution in [0.15, 0.2) is 12.3 Å². The fraction of sp³-hybridized carbons (Fsp3) is 0.667. The first kappa shape index (κ1) is 24.6. The Morgan fingerprint density at radius 1 is 1.28 bits per heavy atom. The number of likely N-dealkylation sites (N-methyl/N-ethyl adjacent to an activating group) is 1. The molecule has 1 aromatic rings.